The molecular formula is C19H35N7OS. The zero-order chi connectivity index (χ0) is 20.2. The van der Waals surface area contributed by atoms with E-state index in [0.29, 0.717) is 18.9 Å². The molecule has 1 aliphatic rings. The van der Waals surface area contributed by atoms with Gasteiger partial charge < -0.3 is 20.1 Å². The first kappa shape index (κ1) is 22.5. The molecule has 2 heterocycles. The summed E-state index contributed by atoms with van der Waals surface area (Å²) in [6.07, 6.45) is 8.15. The Morgan fingerprint density at radius 3 is 2.68 bits per heavy atom. The second-order valence-corrected chi connectivity index (χ2v) is 8.12. The SMILES string of the molecule is CSCCCNC(=NCc1nnc(C)n1C)NCCCN1CCCCCC1=O. The number of aryl methyl sites for hydroxylation is 1. The van der Waals surface area contributed by atoms with Crippen LogP contribution in [0.15, 0.2) is 4.99 Å². The average molecular weight is 410 g/mol. The maximum atomic E-state index is 12.1. The van der Waals surface area contributed by atoms with E-state index >= 15 is 0 Å². The summed E-state index contributed by atoms with van der Waals surface area (Å²) in [6.45, 7) is 5.81. The lowest BCUT2D eigenvalue weighted by molar-refractivity contribution is -0.130. The molecule has 1 aromatic rings. The van der Waals surface area contributed by atoms with Gasteiger partial charge in [-0.15, -0.1) is 10.2 Å². The molecule has 8 nitrogen and oxygen atoms in total. The fourth-order valence-electron chi connectivity index (χ4n) is 3.09. The lowest BCUT2D eigenvalue weighted by Crippen LogP contribution is -2.40. The van der Waals surface area contributed by atoms with Crippen LogP contribution in [0.1, 0.15) is 50.2 Å². The smallest absolute Gasteiger partial charge is 0.222 e. The molecule has 1 aliphatic heterocycles. The van der Waals surface area contributed by atoms with Crippen molar-refractivity contribution in [3.05, 3.63) is 11.6 Å². The van der Waals surface area contributed by atoms with E-state index in [1.807, 2.05) is 35.2 Å². The number of amides is 1. The van der Waals surface area contributed by atoms with E-state index in [-0.39, 0.29) is 0 Å². The van der Waals surface area contributed by atoms with Crippen molar-refractivity contribution in [1.82, 2.24) is 30.3 Å². The van der Waals surface area contributed by atoms with Gasteiger partial charge >= 0.3 is 0 Å². The van der Waals surface area contributed by atoms with Crippen molar-refractivity contribution < 1.29 is 4.79 Å². The summed E-state index contributed by atoms with van der Waals surface area (Å²) in [4.78, 5) is 18.8. The highest BCUT2D eigenvalue weighted by atomic mass is 32.2. The van der Waals surface area contributed by atoms with Crippen LogP contribution in [-0.4, -0.2) is 69.7 Å². The molecule has 1 fully saturated rings. The van der Waals surface area contributed by atoms with Crippen LogP contribution in [0.4, 0.5) is 0 Å². The van der Waals surface area contributed by atoms with Crippen LogP contribution < -0.4 is 10.6 Å². The topological polar surface area (TPSA) is 87.4 Å². The molecule has 1 amide bonds. The first-order chi connectivity index (χ1) is 13.6. The molecule has 2 N–H and O–H groups in total. The predicted molar refractivity (Wildman–Crippen MR) is 116 cm³/mol. The van der Waals surface area contributed by atoms with Gasteiger partial charge in [0.2, 0.25) is 5.91 Å². The summed E-state index contributed by atoms with van der Waals surface area (Å²) in [5.41, 5.74) is 0. The number of aromatic nitrogens is 3. The maximum absolute atomic E-state index is 12.1. The molecule has 0 saturated carbocycles. The first-order valence-corrected chi connectivity index (χ1v) is 11.6. The molecule has 28 heavy (non-hydrogen) atoms. The molecule has 0 radical (unpaired) electrons. The highest BCUT2D eigenvalue weighted by Gasteiger charge is 2.15. The lowest BCUT2D eigenvalue weighted by atomic mass is 10.2. The Hall–Kier alpha value is -1.77. The van der Waals surface area contributed by atoms with Gasteiger partial charge in [-0.2, -0.15) is 11.8 Å². The third-order valence-corrected chi connectivity index (χ3v) is 5.64. The second-order valence-electron chi connectivity index (χ2n) is 7.13. The highest BCUT2D eigenvalue weighted by molar-refractivity contribution is 7.98. The first-order valence-electron chi connectivity index (χ1n) is 10.3. The van der Waals surface area contributed by atoms with Gasteiger partial charge in [0.25, 0.3) is 0 Å². The third-order valence-electron chi connectivity index (χ3n) is 4.95. The summed E-state index contributed by atoms with van der Waals surface area (Å²) in [6, 6.07) is 0. The summed E-state index contributed by atoms with van der Waals surface area (Å²) in [5, 5.41) is 15.1. The van der Waals surface area contributed by atoms with Gasteiger partial charge in [0.15, 0.2) is 11.8 Å². The molecule has 9 heteroatoms. The van der Waals surface area contributed by atoms with Gasteiger partial charge in [0.1, 0.15) is 12.4 Å². The minimum Gasteiger partial charge on any atom is -0.356 e. The number of thioether (sulfide) groups is 1. The molecule has 1 saturated heterocycles. The van der Waals surface area contributed by atoms with E-state index in [9.17, 15) is 4.79 Å². The van der Waals surface area contributed by atoms with Crippen LogP contribution >= 0.6 is 11.8 Å². The minimum absolute atomic E-state index is 0.305. The van der Waals surface area contributed by atoms with E-state index in [1.54, 1.807) is 0 Å². The number of rotatable bonds is 10. The van der Waals surface area contributed by atoms with Crippen LogP contribution in [0.2, 0.25) is 0 Å². The second kappa shape index (κ2) is 12.6. The predicted octanol–water partition coefficient (Wildman–Crippen LogP) is 1.70. The molecular weight excluding hydrogens is 374 g/mol. The zero-order valence-electron chi connectivity index (χ0n) is 17.5. The largest absolute Gasteiger partial charge is 0.356 e. The number of nitrogens with one attached hydrogen (secondary N) is 2. The summed E-state index contributed by atoms with van der Waals surface area (Å²) in [5.74, 6) is 3.95. The number of nitrogens with zero attached hydrogens (tertiary/aromatic N) is 5. The van der Waals surface area contributed by atoms with Crippen LogP contribution in [0, 0.1) is 6.92 Å². The standard InChI is InChI=1S/C19H35N7OS/c1-16-23-24-17(25(16)2)15-22-19(21-11-8-14-28-3)20-10-7-13-26-12-6-4-5-9-18(26)27/h4-15H2,1-3H3,(H2,20,21,22). The molecule has 0 aromatic carbocycles. The van der Waals surface area contributed by atoms with Gasteiger partial charge in [-0.25, -0.2) is 4.99 Å². The summed E-state index contributed by atoms with van der Waals surface area (Å²) >= 11 is 1.85. The van der Waals surface area contributed by atoms with E-state index in [2.05, 4.69) is 32.1 Å². The van der Waals surface area contributed by atoms with E-state index < -0.39 is 0 Å². The van der Waals surface area contributed by atoms with Gasteiger partial charge in [-0.3, -0.25) is 4.79 Å². The number of aliphatic imine (C=N–C) groups is 1. The van der Waals surface area contributed by atoms with Crippen molar-refractivity contribution in [2.45, 2.75) is 52.0 Å². The van der Waals surface area contributed by atoms with Crippen molar-refractivity contribution in [3.63, 3.8) is 0 Å². The summed E-state index contributed by atoms with van der Waals surface area (Å²) in [7, 11) is 1.96. The molecule has 2 rings (SSSR count). The van der Waals surface area contributed by atoms with E-state index in [0.717, 1.165) is 75.2 Å². The number of hydrogen-bond acceptors (Lipinski definition) is 5. The molecule has 0 spiro atoms. The molecule has 1 aromatic heterocycles. The van der Waals surface area contributed by atoms with E-state index in [4.69, 9.17) is 0 Å². The zero-order valence-corrected chi connectivity index (χ0v) is 18.4. The van der Waals surface area contributed by atoms with Crippen molar-refractivity contribution in [1.29, 1.82) is 0 Å². The Morgan fingerprint density at radius 1 is 1.18 bits per heavy atom. The van der Waals surface area contributed by atoms with E-state index in [1.165, 1.54) is 6.42 Å². The number of carbonyl (C=O) groups is 1. The quantitative estimate of drug-likeness (QED) is 0.347. The fourth-order valence-corrected chi connectivity index (χ4v) is 3.52. The third kappa shape index (κ3) is 7.69. The number of guanidine groups is 1. The minimum atomic E-state index is 0.305. The van der Waals surface area contributed by atoms with Crippen molar-refractivity contribution in [3.8, 4) is 0 Å². The van der Waals surface area contributed by atoms with Crippen LogP contribution in [0.3, 0.4) is 0 Å². The number of likely N-dealkylation sites (tertiary alicyclic amines) is 1. The maximum Gasteiger partial charge on any atom is 0.222 e. The Balaban J connectivity index is 1.81. The lowest BCUT2D eigenvalue weighted by Gasteiger charge is -2.21. The molecule has 0 unspecified atom stereocenters. The van der Waals surface area contributed by atoms with Gasteiger partial charge in [-0.05, 0) is 44.6 Å². The average Bonchev–Trinajstić information content (AvgIpc) is 2.88. The Morgan fingerprint density at radius 2 is 1.96 bits per heavy atom. The van der Waals surface area contributed by atoms with Gasteiger partial charge in [0, 0.05) is 39.6 Å². The molecule has 0 bridgehead atoms. The molecule has 0 aliphatic carbocycles. The van der Waals surface area contributed by atoms with Crippen molar-refractivity contribution in [2.75, 3.05) is 38.2 Å². The van der Waals surface area contributed by atoms with Crippen molar-refractivity contribution >= 4 is 23.6 Å². The van der Waals surface area contributed by atoms with Crippen LogP contribution in [0.25, 0.3) is 0 Å². The highest BCUT2D eigenvalue weighted by Crippen LogP contribution is 2.11. The fraction of sp³-hybridized carbons (Fsp3) is 0.789. The van der Waals surface area contributed by atoms with Crippen molar-refractivity contribution in [2.24, 2.45) is 12.0 Å². The van der Waals surface area contributed by atoms with Crippen LogP contribution in [-0.2, 0) is 18.4 Å². The van der Waals surface area contributed by atoms with Crippen LogP contribution in [0.5, 0.6) is 0 Å². The molecule has 158 valence electrons. The Bertz CT molecular complexity index is 632. The number of carbonyl (C=O) groups excluding carboxylic acids is 1. The normalized spacial score (nSPS) is 15.6. The Kier molecular flexibility index (Phi) is 10.2. The molecule has 0 atom stereocenters. The summed E-state index contributed by atoms with van der Waals surface area (Å²) < 4.78 is 1.96. The number of hydrogen-bond donors (Lipinski definition) is 2. The Labute approximate surface area is 172 Å². The van der Waals surface area contributed by atoms with Gasteiger partial charge in [-0.1, -0.05) is 6.42 Å². The monoisotopic (exact) mass is 409 g/mol. The van der Waals surface area contributed by atoms with Gasteiger partial charge in [0.05, 0.1) is 0 Å².